The van der Waals surface area contributed by atoms with Crippen LogP contribution in [0, 0.1) is 6.92 Å². The summed E-state index contributed by atoms with van der Waals surface area (Å²) in [6.07, 6.45) is 11.8. The number of benzene rings is 2. The van der Waals surface area contributed by atoms with Gasteiger partial charge in [-0.2, -0.15) is 0 Å². The first-order valence-corrected chi connectivity index (χ1v) is 13.0. The highest BCUT2D eigenvalue weighted by molar-refractivity contribution is 6.08. The summed E-state index contributed by atoms with van der Waals surface area (Å²) in [6, 6.07) is 18.7. The van der Waals surface area contributed by atoms with Gasteiger partial charge in [0.15, 0.2) is 0 Å². The zero-order valence-electron chi connectivity index (χ0n) is 23.6. The Kier molecular flexibility index (Phi) is 10.8. The summed E-state index contributed by atoms with van der Waals surface area (Å²) < 4.78 is 0. The Morgan fingerprint density at radius 2 is 1.77 bits per heavy atom. The predicted molar refractivity (Wildman–Crippen MR) is 168 cm³/mol. The molecule has 0 radical (unpaired) electrons. The minimum Gasteiger partial charge on any atom is -0.381 e. The number of nitrogens with one attached hydrogen (secondary N) is 1. The van der Waals surface area contributed by atoms with Crippen molar-refractivity contribution in [2.24, 2.45) is 9.98 Å². The molecule has 200 valence electrons. The Morgan fingerprint density at radius 1 is 0.974 bits per heavy atom. The van der Waals surface area contributed by atoms with Crippen LogP contribution in [0.4, 0.5) is 5.69 Å². The molecule has 1 aromatic heterocycles. The van der Waals surface area contributed by atoms with Gasteiger partial charge in [-0.05, 0) is 72.4 Å². The van der Waals surface area contributed by atoms with Crippen molar-refractivity contribution in [3.8, 4) is 0 Å². The van der Waals surface area contributed by atoms with Gasteiger partial charge in [-0.25, -0.2) is 4.99 Å². The Balaban J connectivity index is 1.56. The molecule has 5 nitrogen and oxygen atoms in total. The molecule has 0 aliphatic heterocycles. The first-order chi connectivity index (χ1) is 18.8. The molecule has 39 heavy (non-hydrogen) atoms. The third-order valence-corrected chi connectivity index (χ3v) is 6.44. The van der Waals surface area contributed by atoms with Gasteiger partial charge in [0.2, 0.25) is 0 Å². The quantitative estimate of drug-likeness (QED) is 0.150. The Morgan fingerprint density at radius 3 is 2.49 bits per heavy atom. The summed E-state index contributed by atoms with van der Waals surface area (Å²) in [5.41, 5.74) is 10.3. The standard InChI is InChI=1S/C34H39N5/c1-25(14-18-33(35-5)32-12-9-19-36-23-32)13-16-29-10-8-11-31(21-29)28(4)37-24-38-34-22-30(17-15-26(34)2)20-27(3)39(6)7/h8-12,14-15,17-19,21-24H,1,3-4,13,16,20H2,2,5-7H3,(H,37,38)/b18-14-,35-33+. The lowest BCUT2D eigenvalue weighted by molar-refractivity contribution is 0.501. The number of allylic oxidation sites excluding steroid dienone is 4. The number of likely N-dealkylation sites (N-methyl/N-ethyl adjacent to an activating group) is 1. The summed E-state index contributed by atoms with van der Waals surface area (Å²) >= 11 is 0. The van der Waals surface area contributed by atoms with E-state index in [4.69, 9.17) is 0 Å². The van der Waals surface area contributed by atoms with E-state index >= 15 is 0 Å². The molecule has 5 heteroatoms. The van der Waals surface area contributed by atoms with Crippen molar-refractivity contribution >= 4 is 23.4 Å². The molecule has 0 spiro atoms. The summed E-state index contributed by atoms with van der Waals surface area (Å²) in [7, 11) is 5.81. The molecule has 3 rings (SSSR count). The maximum atomic E-state index is 4.66. The van der Waals surface area contributed by atoms with Crippen molar-refractivity contribution in [3.05, 3.63) is 138 Å². The Labute approximate surface area is 233 Å². The van der Waals surface area contributed by atoms with E-state index in [1.54, 1.807) is 19.6 Å². The molecule has 0 atom stereocenters. The Bertz CT molecular complexity index is 1390. The zero-order valence-corrected chi connectivity index (χ0v) is 23.6. The second kappa shape index (κ2) is 14.4. The molecule has 0 aliphatic carbocycles. The topological polar surface area (TPSA) is 52.9 Å². The zero-order chi connectivity index (χ0) is 28.2. The first kappa shape index (κ1) is 29.1. The normalized spacial score (nSPS) is 11.6. The maximum Gasteiger partial charge on any atom is 0.0930 e. The van der Waals surface area contributed by atoms with E-state index in [1.807, 2.05) is 49.5 Å². The van der Waals surface area contributed by atoms with Crippen LogP contribution in [0.1, 0.15) is 34.2 Å². The first-order valence-electron chi connectivity index (χ1n) is 13.0. The molecule has 0 fully saturated rings. The van der Waals surface area contributed by atoms with Crippen LogP contribution in [0.15, 0.2) is 120 Å². The van der Waals surface area contributed by atoms with E-state index in [2.05, 4.69) is 89.4 Å². The molecule has 0 bridgehead atoms. The fourth-order valence-corrected chi connectivity index (χ4v) is 3.87. The van der Waals surface area contributed by atoms with Gasteiger partial charge < -0.3 is 10.2 Å². The number of hydrogen-bond acceptors (Lipinski definition) is 4. The van der Waals surface area contributed by atoms with Crippen LogP contribution in [-0.4, -0.2) is 43.1 Å². The highest BCUT2D eigenvalue weighted by Crippen LogP contribution is 2.22. The average Bonchev–Trinajstić information content (AvgIpc) is 2.94. The number of rotatable bonds is 13. The number of aromatic nitrogens is 1. The Hall–Kier alpha value is -4.51. The highest BCUT2D eigenvalue weighted by Gasteiger charge is 2.04. The minimum absolute atomic E-state index is 0.794. The van der Waals surface area contributed by atoms with Gasteiger partial charge in [-0.1, -0.05) is 61.7 Å². The van der Waals surface area contributed by atoms with Crippen LogP contribution in [0.25, 0.3) is 5.70 Å². The van der Waals surface area contributed by atoms with Gasteiger partial charge in [0.05, 0.1) is 17.7 Å². The van der Waals surface area contributed by atoms with Gasteiger partial charge in [0, 0.05) is 56.9 Å². The second-order valence-corrected chi connectivity index (χ2v) is 9.68. The monoisotopic (exact) mass is 517 g/mol. The number of aliphatic imine (C=N–C) groups is 2. The van der Waals surface area contributed by atoms with Crippen LogP contribution >= 0.6 is 0 Å². The highest BCUT2D eigenvalue weighted by atomic mass is 15.1. The molecule has 2 aromatic carbocycles. The van der Waals surface area contributed by atoms with E-state index in [1.165, 1.54) is 11.1 Å². The van der Waals surface area contributed by atoms with Crippen molar-refractivity contribution in [3.63, 3.8) is 0 Å². The molecule has 1 N–H and O–H groups in total. The summed E-state index contributed by atoms with van der Waals surface area (Å²) in [6.45, 7) is 14.6. The van der Waals surface area contributed by atoms with E-state index in [9.17, 15) is 0 Å². The molecule has 0 amide bonds. The summed E-state index contributed by atoms with van der Waals surface area (Å²) in [5, 5.41) is 3.24. The van der Waals surface area contributed by atoms with E-state index in [0.29, 0.717) is 0 Å². The number of hydrogen-bond donors (Lipinski definition) is 1. The van der Waals surface area contributed by atoms with Crippen molar-refractivity contribution in [2.45, 2.75) is 26.2 Å². The van der Waals surface area contributed by atoms with Crippen molar-refractivity contribution in [2.75, 3.05) is 21.1 Å². The van der Waals surface area contributed by atoms with E-state index in [-0.39, 0.29) is 0 Å². The molecular formula is C34H39N5. The second-order valence-electron chi connectivity index (χ2n) is 9.68. The summed E-state index contributed by atoms with van der Waals surface area (Å²) in [4.78, 5) is 15.2. The van der Waals surface area contributed by atoms with Gasteiger partial charge >= 0.3 is 0 Å². The third-order valence-electron chi connectivity index (χ3n) is 6.44. The SMILES string of the molecule is C=C(/C=C\C(=N/C)c1cccnc1)CCc1cccc(C(=C)N/C=N/c2cc(CC(=C)N(C)C)ccc2C)c1. The van der Waals surface area contributed by atoms with Gasteiger partial charge in [-0.3, -0.25) is 9.98 Å². The fourth-order valence-electron chi connectivity index (χ4n) is 3.87. The smallest absolute Gasteiger partial charge is 0.0930 e. The van der Waals surface area contributed by atoms with Crippen molar-refractivity contribution < 1.29 is 0 Å². The number of aryl methyl sites for hydroxylation is 2. The molecule has 0 unspecified atom stereocenters. The molecule has 0 saturated heterocycles. The summed E-state index contributed by atoms with van der Waals surface area (Å²) in [5.74, 6) is 0. The molecule has 0 saturated carbocycles. The van der Waals surface area contributed by atoms with Gasteiger partial charge in [-0.15, -0.1) is 0 Å². The van der Waals surface area contributed by atoms with Crippen molar-refractivity contribution in [1.29, 1.82) is 0 Å². The largest absolute Gasteiger partial charge is 0.381 e. The van der Waals surface area contributed by atoms with Crippen LogP contribution in [0.2, 0.25) is 0 Å². The lowest BCUT2D eigenvalue weighted by Gasteiger charge is -2.16. The molecule has 3 aromatic rings. The molecule has 0 aliphatic rings. The van der Waals surface area contributed by atoms with Gasteiger partial charge in [0.1, 0.15) is 0 Å². The van der Waals surface area contributed by atoms with Crippen LogP contribution in [0.3, 0.4) is 0 Å². The fraction of sp³-hybridized carbons (Fsp3) is 0.206. The lowest BCUT2D eigenvalue weighted by Crippen LogP contribution is -2.11. The van der Waals surface area contributed by atoms with E-state index in [0.717, 1.165) is 64.3 Å². The predicted octanol–water partition coefficient (Wildman–Crippen LogP) is 7.09. The van der Waals surface area contributed by atoms with Gasteiger partial charge in [0.25, 0.3) is 0 Å². The molecule has 1 heterocycles. The minimum atomic E-state index is 0.794. The van der Waals surface area contributed by atoms with Crippen LogP contribution in [0.5, 0.6) is 0 Å². The van der Waals surface area contributed by atoms with E-state index < -0.39 is 0 Å². The lowest BCUT2D eigenvalue weighted by atomic mass is 10.0. The molecular weight excluding hydrogens is 478 g/mol. The average molecular weight is 518 g/mol. The van der Waals surface area contributed by atoms with Crippen molar-refractivity contribution in [1.82, 2.24) is 15.2 Å². The third kappa shape index (κ3) is 9.08. The number of pyridine rings is 1. The van der Waals surface area contributed by atoms with Crippen LogP contribution < -0.4 is 5.32 Å². The maximum absolute atomic E-state index is 4.66. The van der Waals surface area contributed by atoms with Crippen LogP contribution in [-0.2, 0) is 12.8 Å². The number of nitrogens with zero attached hydrogens (tertiary/aromatic N) is 4.